The predicted octanol–water partition coefficient (Wildman–Crippen LogP) is -0.499. The maximum atomic E-state index is 11.6. The largest absolute Gasteiger partial charge is 0.481 e. The summed E-state index contributed by atoms with van der Waals surface area (Å²) < 4.78 is 0. The molecule has 18 heavy (non-hydrogen) atoms. The van der Waals surface area contributed by atoms with Crippen molar-refractivity contribution in [3.63, 3.8) is 0 Å². The summed E-state index contributed by atoms with van der Waals surface area (Å²) >= 11 is 1.53. The van der Waals surface area contributed by atoms with Gasteiger partial charge in [-0.1, -0.05) is 0 Å². The molecule has 0 aromatic heterocycles. The van der Waals surface area contributed by atoms with E-state index in [1.165, 1.54) is 11.8 Å². The summed E-state index contributed by atoms with van der Waals surface area (Å²) in [6.45, 7) is 0. The lowest BCUT2D eigenvalue weighted by molar-refractivity contribution is -0.143. The van der Waals surface area contributed by atoms with Gasteiger partial charge >= 0.3 is 11.9 Å². The summed E-state index contributed by atoms with van der Waals surface area (Å²) in [5.74, 6) is -2.24. The number of carboxylic acid groups (broad SMARTS) is 2. The number of hydrogen-bond acceptors (Lipinski definition) is 5. The molecule has 0 aliphatic carbocycles. The average Bonchev–Trinajstić information content (AvgIpc) is 2.30. The van der Waals surface area contributed by atoms with E-state index in [9.17, 15) is 14.4 Å². The average molecular weight is 278 g/mol. The monoisotopic (exact) mass is 278 g/mol. The highest BCUT2D eigenvalue weighted by Gasteiger charge is 2.23. The van der Waals surface area contributed by atoms with Crippen LogP contribution in [0.3, 0.4) is 0 Å². The van der Waals surface area contributed by atoms with Crippen molar-refractivity contribution in [3.05, 3.63) is 0 Å². The molecule has 0 saturated heterocycles. The molecule has 0 rings (SSSR count). The number of nitrogens with two attached hydrogens (primary N) is 1. The lowest BCUT2D eigenvalue weighted by Gasteiger charge is -2.16. The van der Waals surface area contributed by atoms with E-state index >= 15 is 0 Å². The standard InChI is InChI=1S/C10H18N2O5S/c1-18-5-4-6(11)9(15)12-7(10(16)17)2-3-8(13)14/h6-7H,2-5,11H2,1H3,(H,12,15)(H,13,14)(H,16,17)/t6-,7-/m0/s1. The van der Waals surface area contributed by atoms with Gasteiger partial charge in [0.1, 0.15) is 6.04 Å². The molecule has 5 N–H and O–H groups in total. The SMILES string of the molecule is CSCC[C@H](N)C(=O)N[C@@H](CCC(=O)O)C(=O)O. The molecule has 0 spiro atoms. The summed E-state index contributed by atoms with van der Waals surface area (Å²) in [6.07, 6.45) is 1.83. The summed E-state index contributed by atoms with van der Waals surface area (Å²) in [5.41, 5.74) is 5.57. The highest BCUT2D eigenvalue weighted by molar-refractivity contribution is 7.98. The Balaban J connectivity index is 4.26. The molecule has 0 aliphatic rings. The van der Waals surface area contributed by atoms with E-state index in [1.807, 2.05) is 6.26 Å². The number of aliphatic carboxylic acids is 2. The Bertz CT molecular complexity index is 311. The van der Waals surface area contributed by atoms with Gasteiger partial charge in [0.2, 0.25) is 5.91 Å². The van der Waals surface area contributed by atoms with Gasteiger partial charge in [-0.2, -0.15) is 11.8 Å². The fraction of sp³-hybridized carbons (Fsp3) is 0.700. The zero-order chi connectivity index (χ0) is 14.1. The van der Waals surface area contributed by atoms with Gasteiger partial charge in [0, 0.05) is 6.42 Å². The molecule has 0 aliphatic heterocycles. The highest BCUT2D eigenvalue weighted by atomic mass is 32.2. The quantitative estimate of drug-likeness (QED) is 0.447. The molecular formula is C10H18N2O5S. The molecule has 0 radical (unpaired) electrons. The van der Waals surface area contributed by atoms with Gasteiger partial charge in [0.05, 0.1) is 6.04 Å². The van der Waals surface area contributed by atoms with Crippen molar-refractivity contribution in [1.82, 2.24) is 5.32 Å². The third-order valence-corrected chi connectivity index (χ3v) is 2.88. The molecule has 0 saturated carbocycles. The van der Waals surface area contributed by atoms with Crippen LogP contribution < -0.4 is 11.1 Å². The van der Waals surface area contributed by atoms with E-state index in [-0.39, 0.29) is 12.8 Å². The van der Waals surface area contributed by atoms with Gasteiger partial charge < -0.3 is 21.3 Å². The van der Waals surface area contributed by atoms with E-state index in [2.05, 4.69) is 5.32 Å². The normalized spacial score (nSPS) is 13.7. The first-order valence-corrected chi connectivity index (χ1v) is 6.77. The van der Waals surface area contributed by atoms with E-state index in [4.69, 9.17) is 15.9 Å². The molecule has 0 aromatic rings. The Morgan fingerprint density at radius 1 is 1.28 bits per heavy atom. The van der Waals surface area contributed by atoms with Gasteiger partial charge in [0.25, 0.3) is 0 Å². The summed E-state index contributed by atoms with van der Waals surface area (Å²) in [7, 11) is 0. The maximum absolute atomic E-state index is 11.6. The minimum atomic E-state index is -1.26. The molecule has 8 heteroatoms. The van der Waals surface area contributed by atoms with Crippen LogP contribution >= 0.6 is 11.8 Å². The number of carboxylic acids is 2. The molecule has 0 heterocycles. The number of carbonyl (C=O) groups is 3. The van der Waals surface area contributed by atoms with E-state index in [0.29, 0.717) is 12.2 Å². The number of amides is 1. The zero-order valence-corrected chi connectivity index (χ0v) is 10.9. The molecule has 0 unspecified atom stereocenters. The molecule has 7 nitrogen and oxygen atoms in total. The molecular weight excluding hydrogens is 260 g/mol. The van der Waals surface area contributed by atoms with Crippen LogP contribution in [0.2, 0.25) is 0 Å². The number of hydrogen-bond donors (Lipinski definition) is 4. The molecule has 1 amide bonds. The Morgan fingerprint density at radius 3 is 2.33 bits per heavy atom. The Kier molecular flexibility index (Phi) is 8.14. The van der Waals surface area contributed by atoms with Crippen LogP contribution in [0.25, 0.3) is 0 Å². The Morgan fingerprint density at radius 2 is 1.89 bits per heavy atom. The third-order valence-electron chi connectivity index (χ3n) is 2.23. The molecule has 104 valence electrons. The molecule has 2 atom stereocenters. The Hall–Kier alpha value is -1.28. The zero-order valence-electron chi connectivity index (χ0n) is 10.1. The third kappa shape index (κ3) is 7.13. The van der Waals surface area contributed by atoms with Crippen molar-refractivity contribution in [2.45, 2.75) is 31.3 Å². The first-order chi connectivity index (χ1) is 8.38. The van der Waals surface area contributed by atoms with Crippen molar-refractivity contribution >= 4 is 29.6 Å². The highest BCUT2D eigenvalue weighted by Crippen LogP contribution is 2.02. The number of rotatable bonds is 9. The van der Waals surface area contributed by atoms with Crippen LogP contribution in [-0.4, -0.2) is 52.2 Å². The van der Waals surface area contributed by atoms with Crippen molar-refractivity contribution in [2.24, 2.45) is 5.73 Å². The topological polar surface area (TPSA) is 130 Å². The summed E-state index contributed by atoms with van der Waals surface area (Å²) in [6, 6.07) is -1.99. The van der Waals surface area contributed by atoms with Crippen molar-refractivity contribution < 1.29 is 24.6 Å². The van der Waals surface area contributed by atoms with Gasteiger partial charge in [-0.05, 0) is 24.9 Å². The molecule has 0 bridgehead atoms. The first kappa shape index (κ1) is 16.7. The lowest BCUT2D eigenvalue weighted by atomic mass is 10.1. The van der Waals surface area contributed by atoms with Crippen LogP contribution in [0.1, 0.15) is 19.3 Å². The smallest absolute Gasteiger partial charge is 0.326 e. The second-order valence-corrected chi connectivity index (χ2v) is 4.71. The van der Waals surface area contributed by atoms with Crippen LogP contribution in [0, 0.1) is 0 Å². The van der Waals surface area contributed by atoms with Gasteiger partial charge in [-0.25, -0.2) is 4.79 Å². The predicted molar refractivity (Wildman–Crippen MR) is 67.4 cm³/mol. The van der Waals surface area contributed by atoms with E-state index < -0.39 is 29.9 Å². The summed E-state index contributed by atoms with van der Waals surface area (Å²) in [5, 5.41) is 19.6. The second kappa shape index (κ2) is 8.76. The number of carbonyl (C=O) groups excluding carboxylic acids is 1. The lowest BCUT2D eigenvalue weighted by Crippen LogP contribution is -2.48. The van der Waals surface area contributed by atoms with Crippen LogP contribution in [0.5, 0.6) is 0 Å². The van der Waals surface area contributed by atoms with Gasteiger partial charge in [-0.15, -0.1) is 0 Å². The van der Waals surface area contributed by atoms with Crippen LogP contribution in [0.4, 0.5) is 0 Å². The summed E-state index contributed by atoms with van der Waals surface area (Å²) in [4.78, 5) is 32.7. The number of nitrogens with one attached hydrogen (secondary N) is 1. The minimum absolute atomic E-state index is 0.161. The molecule has 0 fully saturated rings. The number of thioether (sulfide) groups is 1. The molecule has 0 aromatic carbocycles. The fourth-order valence-corrected chi connectivity index (χ4v) is 1.67. The first-order valence-electron chi connectivity index (χ1n) is 5.38. The van der Waals surface area contributed by atoms with E-state index in [0.717, 1.165) is 0 Å². The fourth-order valence-electron chi connectivity index (χ4n) is 1.18. The minimum Gasteiger partial charge on any atom is -0.481 e. The van der Waals surface area contributed by atoms with Crippen LogP contribution in [-0.2, 0) is 14.4 Å². The maximum Gasteiger partial charge on any atom is 0.326 e. The van der Waals surface area contributed by atoms with Crippen molar-refractivity contribution in [3.8, 4) is 0 Å². The van der Waals surface area contributed by atoms with Gasteiger partial charge in [0.15, 0.2) is 0 Å². The van der Waals surface area contributed by atoms with Crippen LogP contribution in [0.15, 0.2) is 0 Å². The van der Waals surface area contributed by atoms with E-state index in [1.54, 1.807) is 0 Å². The van der Waals surface area contributed by atoms with Gasteiger partial charge in [-0.3, -0.25) is 9.59 Å². The van der Waals surface area contributed by atoms with Crippen molar-refractivity contribution in [2.75, 3.05) is 12.0 Å². The van der Waals surface area contributed by atoms with Crippen molar-refractivity contribution in [1.29, 1.82) is 0 Å². The Labute approximate surface area is 109 Å². The second-order valence-electron chi connectivity index (χ2n) is 3.72.